The second-order valence-electron chi connectivity index (χ2n) is 4.07. The van der Waals surface area contributed by atoms with E-state index in [0.717, 1.165) is 13.2 Å². The van der Waals surface area contributed by atoms with Gasteiger partial charge in [-0.1, -0.05) is 31.9 Å². The van der Waals surface area contributed by atoms with Crippen molar-refractivity contribution in [1.82, 2.24) is 0 Å². The molecule has 1 radical (unpaired) electrons. The molecule has 0 bridgehead atoms. The van der Waals surface area contributed by atoms with Gasteiger partial charge in [0.05, 0.1) is 25.4 Å². The van der Waals surface area contributed by atoms with Crippen molar-refractivity contribution in [3.8, 4) is 0 Å². The van der Waals surface area contributed by atoms with Crippen LogP contribution in [0, 0.1) is 0 Å². The summed E-state index contributed by atoms with van der Waals surface area (Å²) >= 11 is 0. The summed E-state index contributed by atoms with van der Waals surface area (Å²) in [6, 6.07) is 0. The molecule has 0 saturated carbocycles. The summed E-state index contributed by atoms with van der Waals surface area (Å²) in [4.78, 5) is 0. The molecule has 2 nitrogen and oxygen atoms in total. The Labute approximate surface area is 81.2 Å². The SMILES string of the molecule is [B](CCCCCC1CO1)CC1CO1. The summed E-state index contributed by atoms with van der Waals surface area (Å²) in [7, 11) is 2.38. The van der Waals surface area contributed by atoms with Crippen LogP contribution in [0.4, 0.5) is 0 Å². The topological polar surface area (TPSA) is 25.1 Å². The van der Waals surface area contributed by atoms with Crippen molar-refractivity contribution in [2.24, 2.45) is 0 Å². The first-order valence-electron chi connectivity index (χ1n) is 5.50. The van der Waals surface area contributed by atoms with Gasteiger partial charge in [0.25, 0.3) is 0 Å². The summed E-state index contributed by atoms with van der Waals surface area (Å²) in [5.41, 5.74) is 0. The first-order valence-corrected chi connectivity index (χ1v) is 5.50. The lowest BCUT2D eigenvalue weighted by Gasteiger charge is -1.97. The van der Waals surface area contributed by atoms with Gasteiger partial charge in [0.1, 0.15) is 7.28 Å². The molecule has 0 amide bonds. The Bertz CT molecular complexity index is 128. The lowest BCUT2D eigenvalue weighted by molar-refractivity contribution is 0.389. The lowest BCUT2D eigenvalue weighted by atomic mass is 9.68. The van der Waals surface area contributed by atoms with Gasteiger partial charge in [-0.2, -0.15) is 0 Å². The zero-order valence-corrected chi connectivity index (χ0v) is 8.21. The Kier molecular flexibility index (Phi) is 3.68. The Hall–Kier alpha value is -0.0151. The summed E-state index contributed by atoms with van der Waals surface area (Å²) in [5, 5.41) is 0. The van der Waals surface area contributed by atoms with Gasteiger partial charge in [-0.05, 0) is 6.42 Å². The minimum atomic E-state index is 0.583. The van der Waals surface area contributed by atoms with E-state index in [1.165, 1.54) is 38.3 Å². The van der Waals surface area contributed by atoms with E-state index in [9.17, 15) is 0 Å². The van der Waals surface area contributed by atoms with Crippen LogP contribution in [0.5, 0.6) is 0 Å². The normalized spacial score (nSPS) is 30.2. The zero-order chi connectivity index (χ0) is 8.93. The number of hydrogen-bond acceptors (Lipinski definition) is 2. The third kappa shape index (κ3) is 4.68. The predicted octanol–water partition coefficient (Wildman–Crippen LogP) is 1.89. The van der Waals surface area contributed by atoms with Gasteiger partial charge in [0, 0.05) is 0 Å². The fourth-order valence-corrected chi connectivity index (χ4v) is 1.58. The molecule has 0 aromatic carbocycles. The Morgan fingerprint density at radius 2 is 1.77 bits per heavy atom. The number of epoxide rings is 2. The molecule has 2 aliphatic heterocycles. The Balaban J connectivity index is 1.28. The van der Waals surface area contributed by atoms with Crippen LogP contribution in [0.2, 0.25) is 12.6 Å². The van der Waals surface area contributed by atoms with Crippen LogP contribution >= 0.6 is 0 Å². The molecule has 0 spiro atoms. The summed E-state index contributed by atoms with van der Waals surface area (Å²) < 4.78 is 10.3. The highest BCUT2D eigenvalue weighted by atomic mass is 16.6. The number of rotatable bonds is 8. The quantitative estimate of drug-likeness (QED) is 0.324. The van der Waals surface area contributed by atoms with E-state index in [-0.39, 0.29) is 0 Å². The van der Waals surface area contributed by atoms with Crippen LogP contribution in [-0.4, -0.2) is 32.7 Å². The van der Waals surface area contributed by atoms with E-state index >= 15 is 0 Å². The molecule has 0 aliphatic carbocycles. The third-order valence-corrected chi connectivity index (χ3v) is 2.67. The van der Waals surface area contributed by atoms with E-state index in [2.05, 4.69) is 7.28 Å². The lowest BCUT2D eigenvalue weighted by Crippen LogP contribution is -1.94. The van der Waals surface area contributed by atoms with Crippen LogP contribution in [0.25, 0.3) is 0 Å². The molecule has 0 aromatic rings. The molecular formula is C10H18BO2. The van der Waals surface area contributed by atoms with Crippen LogP contribution < -0.4 is 0 Å². The van der Waals surface area contributed by atoms with Crippen molar-refractivity contribution in [2.45, 2.75) is 50.5 Å². The van der Waals surface area contributed by atoms with Crippen molar-refractivity contribution in [3.05, 3.63) is 0 Å². The van der Waals surface area contributed by atoms with E-state index in [0.29, 0.717) is 12.2 Å². The van der Waals surface area contributed by atoms with Gasteiger partial charge in [-0.15, -0.1) is 0 Å². The highest BCUT2D eigenvalue weighted by molar-refractivity contribution is 6.35. The second-order valence-corrected chi connectivity index (χ2v) is 4.07. The van der Waals surface area contributed by atoms with Crippen LogP contribution in [0.3, 0.4) is 0 Å². The van der Waals surface area contributed by atoms with Gasteiger partial charge >= 0.3 is 0 Å². The van der Waals surface area contributed by atoms with Crippen molar-refractivity contribution in [3.63, 3.8) is 0 Å². The number of unbranched alkanes of at least 4 members (excludes halogenated alkanes) is 2. The molecular weight excluding hydrogens is 163 g/mol. The summed E-state index contributed by atoms with van der Waals surface area (Å²) in [6.45, 7) is 2.01. The van der Waals surface area contributed by atoms with Crippen LogP contribution in [-0.2, 0) is 9.47 Å². The monoisotopic (exact) mass is 181 g/mol. The van der Waals surface area contributed by atoms with Gasteiger partial charge in [-0.3, -0.25) is 0 Å². The first kappa shape index (κ1) is 9.54. The van der Waals surface area contributed by atoms with E-state index in [1.807, 2.05) is 0 Å². The summed E-state index contributed by atoms with van der Waals surface area (Å²) in [5.74, 6) is 0. The van der Waals surface area contributed by atoms with Crippen molar-refractivity contribution >= 4 is 7.28 Å². The highest BCUT2D eigenvalue weighted by Crippen LogP contribution is 2.18. The minimum absolute atomic E-state index is 0.583. The van der Waals surface area contributed by atoms with Crippen molar-refractivity contribution < 1.29 is 9.47 Å². The minimum Gasteiger partial charge on any atom is -0.374 e. The molecule has 3 heteroatoms. The van der Waals surface area contributed by atoms with Gasteiger partial charge in [-0.25, -0.2) is 0 Å². The molecule has 73 valence electrons. The van der Waals surface area contributed by atoms with E-state index in [1.54, 1.807) is 0 Å². The van der Waals surface area contributed by atoms with E-state index in [4.69, 9.17) is 9.47 Å². The van der Waals surface area contributed by atoms with Crippen LogP contribution in [0.15, 0.2) is 0 Å². The average molecular weight is 181 g/mol. The predicted molar refractivity (Wildman–Crippen MR) is 53.3 cm³/mol. The summed E-state index contributed by atoms with van der Waals surface area (Å²) in [6.07, 6.45) is 8.99. The Morgan fingerprint density at radius 3 is 2.46 bits per heavy atom. The first-order chi connectivity index (χ1) is 6.45. The average Bonchev–Trinajstić information content (AvgIpc) is 2.99. The molecule has 2 unspecified atom stereocenters. The molecule has 2 fully saturated rings. The van der Waals surface area contributed by atoms with Crippen molar-refractivity contribution in [1.29, 1.82) is 0 Å². The number of ether oxygens (including phenoxy) is 2. The standard InChI is InChI=1S/C10H18BO2/c1(2-4-9-7-12-9)3-5-11-6-10-8-13-10/h9-10H,1-8H2. The molecule has 0 N–H and O–H groups in total. The highest BCUT2D eigenvalue weighted by Gasteiger charge is 2.22. The molecule has 2 atom stereocenters. The van der Waals surface area contributed by atoms with Gasteiger partial charge < -0.3 is 9.47 Å². The molecule has 13 heavy (non-hydrogen) atoms. The number of hydrogen-bond donors (Lipinski definition) is 0. The zero-order valence-electron chi connectivity index (χ0n) is 8.21. The van der Waals surface area contributed by atoms with E-state index < -0.39 is 0 Å². The van der Waals surface area contributed by atoms with Gasteiger partial charge in [0.2, 0.25) is 0 Å². The molecule has 2 rings (SSSR count). The Morgan fingerprint density at radius 1 is 1.00 bits per heavy atom. The van der Waals surface area contributed by atoms with Gasteiger partial charge in [0.15, 0.2) is 0 Å². The maximum Gasteiger partial charge on any atom is 0.112 e. The van der Waals surface area contributed by atoms with Crippen LogP contribution in [0.1, 0.15) is 25.7 Å². The maximum absolute atomic E-state index is 5.15. The fraction of sp³-hybridized carbons (Fsp3) is 1.00. The largest absolute Gasteiger partial charge is 0.374 e. The third-order valence-electron chi connectivity index (χ3n) is 2.67. The molecule has 2 heterocycles. The molecule has 2 aliphatic rings. The molecule has 0 aromatic heterocycles. The second kappa shape index (κ2) is 5.01. The smallest absolute Gasteiger partial charge is 0.112 e. The molecule has 2 saturated heterocycles. The maximum atomic E-state index is 5.15. The fourth-order valence-electron chi connectivity index (χ4n) is 1.58. The van der Waals surface area contributed by atoms with Crippen molar-refractivity contribution in [2.75, 3.05) is 13.2 Å².